The second-order valence-corrected chi connectivity index (χ2v) is 4.73. The van der Waals surface area contributed by atoms with Gasteiger partial charge in [0.05, 0.1) is 16.6 Å². The zero-order valence-electron chi connectivity index (χ0n) is 10.1. The van der Waals surface area contributed by atoms with Crippen molar-refractivity contribution in [3.8, 4) is 0 Å². The van der Waals surface area contributed by atoms with Crippen LogP contribution in [0.5, 0.6) is 0 Å². The van der Waals surface area contributed by atoms with Crippen LogP contribution in [0.1, 0.15) is 53.8 Å². The van der Waals surface area contributed by atoms with E-state index in [9.17, 15) is 9.90 Å². The van der Waals surface area contributed by atoms with E-state index in [1.54, 1.807) is 6.07 Å². The molecule has 2 aromatic heterocycles. The Morgan fingerprint density at radius 3 is 2.94 bits per heavy atom. The molecule has 1 aliphatic carbocycles. The van der Waals surface area contributed by atoms with E-state index >= 15 is 0 Å². The molecule has 0 bridgehead atoms. The molecule has 3 rings (SSSR count). The number of pyridine rings is 1. The lowest BCUT2D eigenvalue weighted by molar-refractivity contribution is 0.0698. The zero-order valence-corrected chi connectivity index (χ0v) is 10.1. The molecule has 0 radical (unpaired) electrons. The fourth-order valence-electron chi connectivity index (χ4n) is 2.19. The fraction of sp³-hybridized carbons (Fsp3) is 0.462. The maximum Gasteiger partial charge on any atom is 0.336 e. The van der Waals surface area contributed by atoms with E-state index in [0.717, 1.165) is 25.0 Å². The first-order chi connectivity index (χ1) is 8.70. The summed E-state index contributed by atoms with van der Waals surface area (Å²) < 4.78 is 5.19. The summed E-state index contributed by atoms with van der Waals surface area (Å²) in [7, 11) is 0. The first-order valence-corrected chi connectivity index (χ1v) is 6.23. The van der Waals surface area contributed by atoms with Crippen molar-refractivity contribution in [2.24, 2.45) is 0 Å². The van der Waals surface area contributed by atoms with Gasteiger partial charge >= 0.3 is 5.97 Å². The number of carbonyl (C=O) groups is 1. The molecule has 1 fully saturated rings. The molecule has 1 N–H and O–H groups in total. The van der Waals surface area contributed by atoms with Crippen molar-refractivity contribution in [1.29, 1.82) is 0 Å². The average Bonchev–Trinajstić information content (AvgIpc) is 3.12. The van der Waals surface area contributed by atoms with Crippen molar-refractivity contribution < 1.29 is 14.4 Å². The third-order valence-corrected chi connectivity index (χ3v) is 3.25. The number of hydrogen-bond acceptors (Lipinski definition) is 4. The van der Waals surface area contributed by atoms with Crippen LogP contribution in [0.3, 0.4) is 0 Å². The van der Waals surface area contributed by atoms with Crippen LogP contribution in [0.25, 0.3) is 11.1 Å². The molecule has 5 heteroatoms. The fourth-order valence-corrected chi connectivity index (χ4v) is 2.19. The summed E-state index contributed by atoms with van der Waals surface area (Å²) in [6.45, 7) is 2.02. The molecule has 0 aliphatic heterocycles. The van der Waals surface area contributed by atoms with E-state index in [0.29, 0.717) is 29.1 Å². The van der Waals surface area contributed by atoms with Crippen molar-refractivity contribution in [2.75, 3.05) is 0 Å². The maximum absolute atomic E-state index is 11.4. The Balaban J connectivity index is 2.22. The van der Waals surface area contributed by atoms with Gasteiger partial charge in [-0.1, -0.05) is 18.5 Å². The molecule has 94 valence electrons. The summed E-state index contributed by atoms with van der Waals surface area (Å²) in [5, 5.41) is 13.8. The minimum absolute atomic E-state index is 0.270. The van der Waals surface area contributed by atoms with Crippen molar-refractivity contribution >= 4 is 17.1 Å². The highest BCUT2D eigenvalue weighted by atomic mass is 16.5. The molecule has 0 atom stereocenters. The van der Waals surface area contributed by atoms with Crippen LogP contribution in [0.2, 0.25) is 0 Å². The first-order valence-electron chi connectivity index (χ1n) is 6.23. The number of hydrogen-bond donors (Lipinski definition) is 1. The largest absolute Gasteiger partial charge is 0.478 e. The Labute approximate surface area is 104 Å². The SMILES string of the molecule is CCCc1noc2nc(C3CC3)cc(C(=O)O)c12. The summed E-state index contributed by atoms with van der Waals surface area (Å²) in [4.78, 5) is 15.8. The lowest BCUT2D eigenvalue weighted by atomic mass is 10.1. The predicted octanol–water partition coefficient (Wildman–Crippen LogP) is 2.75. The lowest BCUT2D eigenvalue weighted by Crippen LogP contribution is -2.02. The molecular formula is C13H14N2O3. The molecule has 0 spiro atoms. The summed E-state index contributed by atoms with van der Waals surface area (Å²) in [6, 6.07) is 1.68. The van der Waals surface area contributed by atoms with Crippen LogP contribution < -0.4 is 0 Å². The van der Waals surface area contributed by atoms with Gasteiger partial charge in [0.2, 0.25) is 0 Å². The Hall–Kier alpha value is -1.91. The van der Waals surface area contributed by atoms with Crippen LogP contribution in [0.15, 0.2) is 10.6 Å². The van der Waals surface area contributed by atoms with Crippen LogP contribution in [-0.4, -0.2) is 21.2 Å². The zero-order chi connectivity index (χ0) is 12.7. The van der Waals surface area contributed by atoms with Gasteiger partial charge in [-0.2, -0.15) is 0 Å². The lowest BCUT2D eigenvalue weighted by Gasteiger charge is -2.02. The monoisotopic (exact) mass is 246 g/mol. The van der Waals surface area contributed by atoms with E-state index in [4.69, 9.17) is 4.52 Å². The number of aromatic nitrogens is 2. The summed E-state index contributed by atoms with van der Waals surface area (Å²) in [6.07, 6.45) is 3.75. The molecule has 18 heavy (non-hydrogen) atoms. The number of carboxylic acids is 1. The van der Waals surface area contributed by atoms with Gasteiger partial charge < -0.3 is 9.63 Å². The predicted molar refractivity (Wildman–Crippen MR) is 64.7 cm³/mol. The maximum atomic E-state index is 11.4. The topological polar surface area (TPSA) is 76.2 Å². The number of aromatic carboxylic acids is 1. The summed E-state index contributed by atoms with van der Waals surface area (Å²) >= 11 is 0. The van der Waals surface area contributed by atoms with E-state index in [1.165, 1.54) is 0 Å². The van der Waals surface area contributed by atoms with Crippen molar-refractivity contribution in [1.82, 2.24) is 10.1 Å². The first kappa shape index (κ1) is 11.2. The number of rotatable bonds is 4. The minimum Gasteiger partial charge on any atom is -0.478 e. The highest BCUT2D eigenvalue weighted by molar-refractivity contribution is 6.02. The average molecular weight is 246 g/mol. The molecule has 0 aromatic carbocycles. The van der Waals surface area contributed by atoms with E-state index in [1.807, 2.05) is 6.92 Å². The Bertz CT molecular complexity index is 614. The molecule has 0 saturated heterocycles. The molecule has 0 amide bonds. The number of carboxylic acid groups (broad SMARTS) is 1. The smallest absolute Gasteiger partial charge is 0.336 e. The van der Waals surface area contributed by atoms with Crippen molar-refractivity contribution in [3.05, 3.63) is 23.0 Å². The van der Waals surface area contributed by atoms with E-state index in [-0.39, 0.29) is 5.56 Å². The van der Waals surface area contributed by atoms with Gasteiger partial charge in [-0.15, -0.1) is 0 Å². The molecule has 2 aromatic rings. The summed E-state index contributed by atoms with van der Waals surface area (Å²) in [5.41, 5.74) is 2.14. The van der Waals surface area contributed by atoms with Crippen molar-refractivity contribution in [3.63, 3.8) is 0 Å². The Morgan fingerprint density at radius 1 is 1.56 bits per heavy atom. The quantitative estimate of drug-likeness (QED) is 0.897. The number of fused-ring (bicyclic) bond motifs is 1. The van der Waals surface area contributed by atoms with Crippen molar-refractivity contribution in [2.45, 2.75) is 38.5 Å². The number of aryl methyl sites for hydroxylation is 1. The van der Waals surface area contributed by atoms with Crippen LogP contribution in [0.4, 0.5) is 0 Å². The second-order valence-electron chi connectivity index (χ2n) is 4.73. The molecule has 1 aliphatic rings. The third-order valence-electron chi connectivity index (χ3n) is 3.25. The van der Waals surface area contributed by atoms with Gasteiger partial charge in [0.25, 0.3) is 5.71 Å². The summed E-state index contributed by atoms with van der Waals surface area (Å²) in [5.74, 6) is -0.544. The number of nitrogens with zero attached hydrogens (tertiary/aromatic N) is 2. The normalized spacial score (nSPS) is 15.2. The van der Waals surface area contributed by atoms with Crippen LogP contribution in [-0.2, 0) is 6.42 Å². The molecule has 1 saturated carbocycles. The third kappa shape index (κ3) is 1.75. The highest BCUT2D eigenvalue weighted by Crippen LogP contribution is 2.40. The van der Waals surface area contributed by atoms with Gasteiger partial charge in [0, 0.05) is 11.6 Å². The van der Waals surface area contributed by atoms with Gasteiger partial charge in [-0.05, 0) is 25.3 Å². The Morgan fingerprint density at radius 2 is 2.33 bits per heavy atom. The van der Waals surface area contributed by atoms with Gasteiger partial charge in [0.15, 0.2) is 0 Å². The standard InChI is InChI=1S/C13H14N2O3/c1-2-3-9-11-8(13(16)17)6-10(7-4-5-7)14-12(11)18-15-9/h6-7H,2-5H2,1H3,(H,16,17). The van der Waals surface area contributed by atoms with Crippen LogP contribution in [0, 0.1) is 0 Å². The minimum atomic E-state index is -0.940. The molecular weight excluding hydrogens is 232 g/mol. The molecule has 0 unspecified atom stereocenters. The molecule has 5 nitrogen and oxygen atoms in total. The van der Waals surface area contributed by atoms with Crippen LogP contribution >= 0.6 is 0 Å². The Kier molecular flexibility index (Phi) is 2.54. The second kappa shape index (κ2) is 4.08. The van der Waals surface area contributed by atoms with Gasteiger partial charge in [0.1, 0.15) is 0 Å². The molecule has 2 heterocycles. The van der Waals surface area contributed by atoms with E-state index < -0.39 is 5.97 Å². The van der Waals surface area contributed by atoms with Gasteiger partial charge in [-0.25, -0.2) is 9.78 Å². The highest BCUT2D eigenvalue weighted by Gasteiger charge is 2.28. The van der Waals surface area contributed by atoms with Gasteiger partial charge in [-0.3, -0.25) is 0 Å². The van der Waals surface area contributed by atoms with E-state index in [2.05, 4.69) is 10.1 Å².